The lowest BCUT2D eigenvalue weighted by Gasteiger charge is -2.38. The standard InChI is InChI=1S/C26H32N2O5S/c1-18-6-4-7-19(2)28(18)25(29)17-33-22-11-9-20(10-12-22)26(30)27-15-5-8-21-16-23(34(3,31)32)13-14-24(21)27/h9-14,16,18-19H,4-8,15,17H2,1-3H3. The molecule has 0 bridgehead atoms. The van der Waals surface area contributed by atoms with Gasteiger partial charge in [-0.15, -0.1) is 0 Å². The predicted molar refractivity (Wildman–Crippen MR) is 131 cm³/mol. The van der Waals surface area contributed by atoms with Crippen molar-refractivity contribution in [2.24, 2.45) is 0 Å². The van der Waals surface area contributed by atoms with Gasteiger partial charge in [0.1, 0.15) is 5.75 Å². The topological polar surface area (TPSA) is 84.0 Å². The second kappa shape index (κ2) is 9.78. The molecule has 0 aromatic heterocycles. The van der Waals surface area contributed by atoms with Gasteiger partial charge in [0.05, 0.1) is 4.90 Å². The third-order valence-electron chi connectivity index (χ3n) is 6.79. The Morgan fingerprint density at radius 2 is 1.68 bits per heavy atom. The molecule has 2 aromatic carbocycles. The van der Waals surface area contributed by atoms with E-state index in [-0.39, 0.29) is 35.4 Å². The maximum absolute atomic E-state index is 13.2. The number of carbonyl (C=O) groups is 2. The SMILES string of the molecule is CC1CCCC(C)N1C(=O)COc1ccc(C(=O)N2CCCc3cc(S(C)(=O)=O)ccc32)cc1. The highest BCUT2D eigenvalue weighted by molar-refractivity contribution is 7.90. The summed E-state index contributed by atoms with van der Waals surface area (Å²) in [5.41, 5.74) is 2.12. The number of sulfone groups is 1. The van der Waals surface area contributed by atoms with Gasteiger partial charge in [-0.1, -0.05) is 0 Å². The molecule has 34 heavy (non-hydrogen) atoms. The van der Waals surface area contributed by atoms with Crippen LogP contribution in [0.2, 0.25) is 0 Å². The van der Waals surface area contributed by atoms with E-state index in [1.165, 1.54) is 6.26 Å². The molecule has 0 N–H and O–H groups in total. The van der Waals surface area contributed by atoms with Crippen LogP contribution in [-0.2, 0) is 21.1 Å². The number of hydrogen-bond donors (Lipinski definition) is 0. The summed E-state index contributed by atoms with van der Waals surface area (Å²) in [7, 11) is -3.30. The first kappa shape index (κ1) is 24.3. The fourth-order valence-corrected chi connectivity index (χ4v) is 5.67. The van der Waals surface area contributed by atoms with E-state index in [2.05, 4.69) is 13.8 Å². The summed E-state index contributed by atoms with van der Waals surface area (Å²) in [6.07, 6.45) is 5.86. The van der Waals surface area contributed by atoms with Gasteiger partial charge >= 0.3 is 0 Å². The summed E-state index contributed by atoms with van der Waals surface area (Å²) >= 11 is 0. The second-order valence-corrected chi connectivity index (χ2v) is 11.4. The molecule has 0 spiro atoms. The summed E-state index contributed by atoms with van der Waals surface area (Å²) in [6.45, 7) is 4.70. The highest BCUT2D eigenvalue weighted by Crippen LogP contribution is 2.31. The molecule has 2 aliphatic heterocycles. The molecular formula is C26H32N2O5S. The Morgan fingerprint density at radius 1 is 1.00 bits per heavy atom. The van der Waals surface area contributed by atoms with Crippen molar-refractivity contribution in [3.8, 4) is 5.75 Å². The molecule has 2 amide bonds. The summed E-state index contributed by atoms with van der Waals surface area (Å²) in [5.74, 6) is 0.379. The molecule has 4 rings (SSSR count). The summed E-state index contributed by atoms with van der Waals surface area (Å²) < 4.78 is 29.5. The van der Waals surface area contributed by atoms with Crippen LogP contribution in [0.1, 0.15) is 55.5 Å². The van der Waals surface area contributed by atoms with E-state index in [0.717, 1.165) is 43.4 Å². The van der Waals surface area contributed by atoms with Gasteiger partial charge in [0.2, 0.25) is 0 Å². The van der Waals surface area contributed by atoms with Crippen molar-refractivity contribution in [2.45, 2.75) is 62.9 Å². The van der Waals surface area contributed by atoms with Gasteiger partial charge in [0.25, 0.3) is 11.8 Å². The molecule has 0 aliphatic carbocycles. The highest BCUT2D eigenvalue weighted by atomic mass is 32.2. The number of piperidine rings is 1. The Morgan fingerprint density at radius 3 is 2.32 bits per heavy atom. The molecule has 2 unspecified atom stereocenters. The van der Waals surface area contributed by atoms with E-state index < -0.39 is 9.84 Å². The van der Waals surface area contributed by atoms with E-state index in [4.69, 9.17) is 4.74 Å². The highest BCUT2D eigenvalue weighted by Gasteiger charge is 2.29. The minimum absolute atomic E-state index is 0.0155. The van der Waals surface area contributed by atoms with Crippen molar-refractivity contribution in [1.82, 2.24) is 4.90 Å². The fraction of sp³-hybridized carbons (Fsp3) is 0.462. The second-order valence-electron chi connectivity index (χ2n) is 9.37. The van der Waals surface area contributed by atoms with Crippen LogP contribution in [0.3, 0.4) is 0 Å². The average molecular weight is 485 g/mol. The minimum atomic E-state index is -3.30. The number of rotatable bonds is 5. The van der Waals surface area contributed by atoms with Crippen LogP contribution in [0.15, 0.2) is 47.4 Å². The van der Waals surface area contributed by atoms with Gasteiger partial charge in [0, 0.05) is 36.1 Å². The maximum atomic E-state index is 13.2. The number of aryl methyl sites for hydroxylation is 1. The molecule has 0 radical (unpaired) electrons. The Balaban J connectivity index is 1.43. The zero-order valence-corrected chi connectivity index (χ0v) is 20.8. The summed E-state index contributed by atoms with van der Waals surface area (Å²) in [5, 5.41) is 0. The number of amides is 2. The lowest BCUT2D eigenvalue weighted by molar-refractivity contribution is -0.139. The Bertz CT molecular complexity index is 1170. The van der Waals surface area contributed by atoms with E-state index in [9.17, 15) is 18.0 Å². The predicted octanol–water partition coefficient (Wildman–Crippen LogP) is 3.85. The lowest BCUT2D eigenvalue weighted by Crippen LogP contribution is -2.49. The Hall–Kier alpha value is -2.87. The zero-order chi connectivity index (χ0) is 24.5. The van der Waals surface area contributed by atoms with Crippen LogP contribution in [0.25, 0.3) is 0 Å². The molecule has 1 saturated heterocycles. The molecule has 2 heterocycles. The number of hydrogen-bond acceptors (Lipinski definition) is 5. The first-order chi connectivity index (χ1) is 16.1. The quantitative estimate of drug-likeness (QED) is 0.644. The van der Waals surface area contributed by atoms with E-state index >= 15 is 0 Å². The van der Waals surface area contributed by atoms with Gasteiger partial charge in [-0.3, -0.25) is 9.59 Å². The molecule has 2 aliphatic rings. The molecule has 182 valence electrons. The normalized spacial score (nSPS) is 20.6. The number of benzene rings is 2. The van der Waals surface area contributed by atoms with Crippen molar-refractivity contribution in [3.05, 3.63) is 53.6 Å². The van der Waals surface area contributed by atoms with Crippen molar-refractivity contribution >= 4 is 27.3 Å². The van der Waals surface area contributed by atoms with Gasteiger partial charge < -0.3 is 14.5 Å². The van der Waals surface area contributed by atoms with Crippen LogP contribution in [0.5, 0.6) is 5.75 Å². The van der Waals surface area contributed by atoms with Crippen molar-refractivity contribution in [1.29, 1.82) is 0 Å². The van der Waals surface area contributed by atoms with Crippen LogP contribution < -0.4 is 9.64 Å². The molecular weight excluding hydrogens is 452 g/mol. The summed E-state index contributed by atoms with van der Waals surface area (Å²) in [4.78, 5) is 29.8. The number of fused-ring (bicyclic) bond motifs is 1. The monoisotopic (exact) mass is 484 g/mol. The van der Waals surface area contributed by atoms with Crippen LogP contribution in [0.4, 0.5) is 5.69 Å². The Labute approximate surface area is 201 Å². The third-order valence-corrected chi connectivity index (χ3v) is 7.90. The average Bonchev–Trinajstić information content (AvgIpc) is 2.81. The number of anilines is 1. The smallest absolute Gasteiger partial charge is 0.260 e. The first-order valence-electron chi connectivity index (χ1n) is 11.8. The van der Waals surface area contributed by atoms with Crippen LogP contribution in [0, 0.1) is 0 Å². The summed E-state index contributed by atoms with van der Waals surface area (Å²) in [6, 6.07) is 12.2. The largest absolute Gasteiger partial charge is 0.484 e. The van der Waals surface area contributed by atoms with E-state index in [0.29, 0.717) is 17.9 Å². The molecule has 8 heteroatoms. The molecule has 2 aromatic rings. The fourth-order valence-electron chi connectivity index (χ4n) is 5.00. The van der Waals surface area contributed by atoms with Gasteiger partial charge in [-0.2, -0.15) is 0 Å². The zero-order valence-electron chi connectivity index (χ0n) is 20.0. The molecule has 2 atom stereocenters. The maximum Gasteiger partial charge on any atom is 0.260 e. The van der Waals surface area contributed by atoms with Crippen LogP contribution >= 0.6 is 0 Å². The number of nitrogens with zero attached hydrogens (tertiary/aromatic N) is 2. The number of ether oxygens (including phenoxy) is 1. The van der Waals surface area contributed by atoms with E-state index in [1.807, 2.05) is 4.90 Å². The lowest BCUT2D eigenvalue weighted by atomic mass is 9.97. The van der Waals surface area contributed by atoms with Crippen molar-refractivity contribution in [3.63, 3.8) is 0 Å². The molecule has 1 fully saturated rings. The first-order valence-corrected chi connectivity index (χ1v) is 13.7. The number of carbonyl (C=O) groups excluding carboxylic acids is 2. The van der Waals surface area contributed by atoms with Gasteiger partial charge in [0.15, 0.2) is 16.4 Å². The molecule has 7 nitrogen and oxygen atoms in total. The Kier molecular flexibility index (Phi) is 6.98. The molecule has 0 saturated carbocycles. The van der Waals surface area contributed by atoms with Crippen molar-refractivity contribution < 1.29 is 22.7 Å². The third kappa shape index (κ3) is 5.12. The van der Waals surface area contributed by atoms with Gasteiger partial charge in [-0.05, 0) is 94.0 Å². The van der Waals surface area contributed by atoms with Gasteiger partial charge in [-0.25, -0.2) is 8.42 Å². The number of likely N-dealkylation sites (tertiary alicyclic amines) is 1. The van der Waals surface area contributed by atoms with Crippen molar-refractivity contribution in [2.75, 3.05) is 24.3 Å². The van der Waals surface area contributed by atoms with Crippen LogP contribution in [-0.4, -0.2) is 56.6 Å². The van der Waals surface area contributed by atoms with E-state index in [1.54, 1.807) is 47.4 Å². The minimum Gasteiger partial charge on any atom is -0.484 e.